The van der Waals surface area contributed by atoms with E-state index >= 15 is 0 Å². The van der Waals surface area contributed by atoms with E-state index in [1.165, 1.54) is 7.11 Å². The van der Waals surface area contributed by atoms with E-state index in [1.807, 2.05) is 40.0 Å². The number of benzene rings is 1. The number of carbonyl (C=O) groups is 2. The predicted molar refractivity (Wildman–Crippen MR) is 120 cm³/mol. The summed E-state index contributed by atoms with van der Waals surface area (Å²) >= 11 is 1.56. The van der Waals surface area contributed by atoms with Crippen LogP contribution in [0.2, 0.25) is 0 Å². The molecule has 0 atom stereocenters. The minimum Gasteiger partial charge on any atom is -0.493 e. The molecule has 0 aliphatic carbocycles. The fourth-order valence-electron chi connectivity index (χ4n) is 3.35. The van der Waals surface area contributed by atoms with Crippen molar-refractivity contribution >= 4 is 23.4 Å². The molecule has 2 aromatic rings. The Morgan fingerprint density at radius 2 is 1.90 bits per heavy atom. The van der Waals surface area contributed by atoms with Gasteiger partial charge in [0.25, 0.3) is 0 Å². The van der Waals surface area contributed by atoms with Gasteiger partial charge in [-0.2, -0.15) is 0 Å². The van der Waals surface area contributed by atoms with Crippen LogP contribution in [-0.4, -0.2) is 54.4 Å². The summed E-state index contributed by atoms with van der Waals surface area (Å²) in [7, 11) is 1.36. The first kappa shape index (κ1) is 23.1. The number of likely N-dealkylation sites (tertiary alicyclic amines) is 1. The number of nitrogens with zero attached hydrogens (tertiary/aromatic N) is 2. The summed E-state index contributed by atoms with van der Waals surface area (Å²) in [4.78, 5) is 31.6. The smallest absolute Gasteiger partial charge is 0.410 e. The lowest BCUT2D eigenvalue weighted by Gasteiger charge is -2.33. The number of esters is 1. The number of aromatic nitrogens is 1. The van der Waals surface area contributed by atoms with Gasteiger partial charge < -0.3 is 19.1 Å². The number of hydrogen-bond acceptors (Lipinski definition) is 7. The van der Waals surface area contributed by atoms with Crippen LogP contribution < -0.4 is 4.74 Å². The van der Waals surface area contributed by atoms with Crippen LogP contribution in [0.15, 0.2) is 24.4 Å². The summed E-state index contributed by atoms with van der Waals surface area (Å²) in [6.07, 6.45) is 3.23. The number of piperidine rings is 1. The summed E-state index contributed by atoms with van der Waals surface area (Å²) in [6.45, 7) is 9.42. The molecular formula is C23H30N2O5S. The second kappa shape index (κ2) is 9.68. The second-order valence-electron chi connectivity index (χ2n) is 8.74. The number of carbonyl (C=O) groups excluding carboxylic acids is 2. The van der Waals surface area contributed by atoms with Gasteiger partial charge in [0.05, 0.1) is 19.3 Å². The highest BCUT2D eigenvalue weighted by Gasteiger charge is 2.27. The van der Waals surface area contributed by atoms with Crippen molar-refractivity contribution in [1.82, 2.24) is 9.88 Å². The molecule has 1 aromatic heterocycles. The number of rotatable bonds is 5. The molecule has 1 aromatic carbocycles. The van der Waals surface area contributed by atoms with Crippen molar-refractivity contribution < 1.29 is 23.8 Å². The van der Waals surface area contributed by atoms with Crippen LogP contribution in [0.25, 0.3) is 10.6 Å². The Balaban J connectivity index is 1.62. The van der Waals surface area contributed by atoms with E-state index in [1.54, 1.807) is 28.4 Å². The van der Waals surface area contributed by atoms with Crippen molar-refractivity contribution in [1.29, 1.82) is 0 Å². The van der Waals surface area contributed by atoms with Crippen molar-refractivity contribution in [3.8, 4) is 16.3 Å². The first-order valence-corrected chi connectivity index (χ1v) is 11.2. The molecule has 0 unspecified atom stereocenters. The van der Waals surface area contributed by atoms with E-state index in [4.69, 9.17) is 14.2 Å². The fourth-order valence-corrected chi connectivity index (χ4v) is 4.10. The lowest BCUT2D eigenvalue weighted by Crippen LogP contribution is -2.42. The number of hydrogen-bond donors (Lipinski definition) is 0. The normalized spacial score (nSPS) is 14.9. The average molecular weight is 447 g/mol. The van der Waals surface area contributed by atoms with Crippen LogP contribution in [0.1, 0.15) is 48.8 Å². The summed E-state index contributed by atoms with van der Waals surface area (Å²) < 4.78 is 16.4. The van der Waals surface area contributed by atoms with Crippen LogP contribution in [0.4, 0.5) is 4.79 Å². The second-order valence-corrected chi connectivity index (χ2v) is 9.97. The Labute approximate surface area is 187 Å². The van der Waals surface area contributed by atoms with Gasteiger partial charge in [-0.25, -0.2) is 14.6 Å². The minimum atomic E-state index is -0.491. The highest BCUT2D eigenvalue weighted by molar-refractivity contribution is 7.14. The lowest BCUT2D eigenvalue weighted by atomic mass is 9.98. The number of thiazole rings is 1. The molecule has 8 heteroatoms. The first-order chi connectivity index (χ1) is 14.6. The number of amides is 1. The SMILES string of the molecule is COC(=O)c1cc(OCC2CCN(C(=O)OC(C)(C)C)CC2)cc(-c2ncc(C)s2)c1. The van der Waals surface area contributed by atoms with Crippen molar-refractivity contribution in [2.24, 2.45) is 5.92 Å². The summed E-state index contributed by atoms with van der Waals surface area (Å²) in [5.41, 5.74) is 0.772. The molecule has 0 N–H and O–H groups in total. The Morgan fingerprint density at radius 1 is 1.19 bits per heavy atom. The third-order valence-corrected chi connectivity index (χ3v) is 5.91. The highest BCUT2D eigenvalue weighted by atomic mass is 32.1. The fraction of sp³-hybridized carbons (Fsp3) is 0.522. The van der Waals surface area contributed by atoms with Gasteiger partial charge in [0.2, 0.25) is 0 Å². The maximum atomic E-state index is 12.2. The molecule has 0 radical (unpaired) electrons. The standard InChI is InChI=1S/C23H30N2O5S/c1-15-13-24-20(31-15)17-10-18(21(26)28-5)12-19(11-17)29-14-16-6-8-25(9-7-16)22(27)30-23(2,3)4/h10-13,16H,6-9,14H2,1-5H3. The lowest BCUT2D eigenvalue weighted by molar-refractivity contribution is 0.0165. The van der Waals surface area contributed by atoms with Gasteiger partial charge in [-0.15, -0.1) is 11.3 Å². The zero-order valence-electron chi connectivity index (χ0n) is 18.8. The largest absolute Gasteiger partial charge is 0.493 e. The quantitative estimate of drug-likeness (QED) is 0.606. The number of ether oxygens (including phenoxy) is 3. The Morgan fingerprint density at radius 3 is 2.48 bits per heavy atom. The third kappa shape index (κ3) is 6.43. The van der Waals surface area contributed by atoms with Crippen LogP contribution in [0.5, 0.6) is 5.75 Å². The molecule has 0 spiro atoms. The Hall–Kier alpha value is -2.61. The van der Waals surface area contributed by atoms with E-state index in [9.17, 15) is 9.59 Å². The zero-order valence-corrected chi connectivity index (χ0v) is 19.6. The predicted octanol–water partition coefficient (Wildman–Crippen LogP) is 4.93. The molecule has 1 aliphatic rings. The maximum Gasteiger partial charge on any atom is 0.410 e. The van der Waals surface area contributed by atoms with Gasteiger partial charge in [-0.3, -0.25) is 0 Å². The van der Waals surface area contributed by atoms with Crippen LogP contribution in [0, 0.1) is 12.8 Å². The monoisotopic (exact) mass is 446 g/mol. The molecular weight excluding hydrogens is 416 g/mol. The third-order valence-electron chi connectivity index (χ3n) is 4.95. The molecule has 2 heterocycles. The molecule has 1 aliphatic heterocycles. The zero-order chi connectivity index (χ0) is 22.6. The Kier molecular flexibility index (Phi) is 7.20. The van der Waals surface area contributed by atoms with Gasteiger partial charge >= 0.3 is 12.1 Å². The topological polar surface area (TPSA) is 78.0 Å². The van der Waals surface area contributed by atoms with Crippen LogP contribution >= 0.6 is 11.3 Å². The van der Waals surface area contributed by atoms with Crippen molar-refractivity contribution in [2.45, 2.75) is 46.1 Å². The van der Waals surface area contributed by atoms with E-state index in [2.05, 4.69) is 4.98 Å². The van der Waals surface area contributed by atoms with Gasteiger partial charge in [-0.1, -0.05) is 0 Å². The maximum absolute atomic E-state index is 12.2. The van der Waals surface area contributed by atoms with Crippen LogP contribution in [-0.2, 0) is 9.47 Å². The van der Waals surface area contributed by atoms with E-state index in [-0.39, 0.29) is 6.09 Å². The minimum absolute atomic E-state index is 0.263. The molecule has 3 rings (SSSR count). The highest BCUT2D eigenvalue weighted by Crippen LogP contribution is 2.30. The molecule has 0 bridgehead atoms. The molecule has 31 heavy (non-hydrogen) atoms. The molecule has 1 fully saturated rings. The molecule has 1 amide bonds. The van der Waals surface area contributed by atoms with E-state index in [0.717, 1.165) is 28.3 Å². The first-order valence-electron chi connectivity index (χ1n) is 10.4. The number of aryl methyl sites for hydroxylation is 1. The summed E-state index contributed by atoms with van der Waals surface area (Å²) in [6, 6.07) is 5.38. The average Bonchev–Trinajstić information content (AvgIpc) is 3.17. The molecule has 7 nitrogen and oxygen atoms in total. The van der Waals surface area contributed by atoms with E-state index < -0.39 is 11.6 Å². The van der Waals surface area contributed by atoms with Crippen LogP contribution in [0.3, 0.4) is 0 Å². The van der Waals surface area contributed by atoms with Gasteiger partial charge in [0.15, 0.2) is 0 Å². The van der Waals surface area contributed by atoms with Gasteiger partial charge in [0, 0.05) is 29.7 Å². The van der Waals surface area contributed by atoms with Gasteiger partial charge in [-0.05, 0) is 64.7 Å². The molecule has 1 saturated heterocycles. The van der Waals surface area contributed by atoms with Crippen molar-refractivity contribution in [3.05, 3.63) is 34.8 Å². The van der Waals surface area contributed by atoms with Crippen molar-refractivity contribution in [2.75, 3.05) is 26.8 Å². The number of methoxy groups -OCH3 is 1. The molecule has 168 valence electrons. The molecule has 0 saturated carbocycles. The van der Waals surface area contributed by atoms with Crippen molar-refractivity contribution in [3.63, 3.8) is 0 Å². The Bertz CT molecular complexity index is 926. The van der Waals surface area contributed by atoms with Gasteiger partial charge in [0.1, 0.15) is 16.4 Å². The van der Waals surface area contributed by atoms with E-state index in [0.29, 0.717) is 36.9 Å². The summed E-state index contributed by atoms with van der Waals surface area (Å²) in [5, 5.41) is 0.832. The summed E-state index contributed by atoms with van der Waals surface area (Å²) in [5.74, 6) is 0.525.